The van der Waals surface area contributed by atoms with Crippen LogP contribution in [0.5, 0.6) is 0 Å². The molecule has 0 aliphatic carbocycles. The van der Waals surface area contributed by atoms with Gasteiger partial charge in [-0.15, -0.1) is 12.4 Å². The highest BCUT2D eigenvalue weighted by atomic mass is 35.5. The second-order valence-electron chi connectivity index (χ2n) is 6.49. The molecule has 112 valence electrons. The number of rotatable bonds is 2. The number of hydrogen-bond donors (Lipinski definition) is 0. The molecule has 0 radical (unpaired) electrons. The molecule has 0 aromatic heterocycles. The van der Waals surface area contributed by atoms with Crippen molar-refractivity contribution in [3.63, 3.8) is 0 Å². The third-order valence-electron chi connectivity index (χ3n) is 5.00. The van der Waals surface area contributed by atoms with Gasteiger partial charge in [-0.1, -0.05) is 50.2 Å². The Balaban J connectivity index is 0.00000161. The van der Waals surface area contributed by atoms with Crippen LogP contribution in [0.3, 0.4) is 0 Å². The van der Waals surface area contributed by atoms with Crippen LogP contribution in [0.15, 0.2) is 54.6 Å². The second kappa shape index (κ2) is 6.11. The number of benzene rings is 2. The first-order valence-corrected chi connectivity index (χ1v) is 9.79. The molecule has 1 atom stereocenters. The molecule has 1 unspecified atom stereocenters. The van der Waals surface area contributed by atoms with Crippen LogP contribution in [0.1, 0.15) is 32.8 Å². The first-order chi connectivity index (χ1) is 9.60. The quantitative estimate of drug-likeness (QED) is 0.699. The van der Waals surface area contributed by atoms with Gasteiger partial charge in [-0.3, -0.25) is 0 Å². The van der Waals surface area contributed by atoms with Crippen LogP contribution in [0.4, 0.5) is 0 Å². The minimum Gasteiger partial charge on any atom is -0.147 e. The Morgan fingerprint density at radius 3 is 2.24 bits per heavy atom. The Kier molecular flexibility index (Phi) is 4.81. The number of hydrogen-bond acceptors (Lipinski definition) is 0. The predicted molar refractivity (Wildman–Crippen MR) is 99.4 cm³/mol. The molecule has 1 aliphatic heterocycles. The third kappa shape index (κ3) is 2.65. The Morgan fingerprint density at radius 1 is 0.952 bits per heavy atom. The fraction of sp³-hybridized carbons (Fsp3) is 0.368. The largest absolute Gasteiger partial charge is 0.147 e. The lowest BCUT2D eigenvalue weighted by Gasteiger charge is -2.39. The summed E-state index contributed by atoms with van der Waals surface area (Å²) in [5.74, 6) is 0. The van der Waals surface area contributed by atoms with Gasteiger partial charge in [0.15, 0.2) is 0 Å². The van der Waals surface area contributed by atoms with E-state index in [1.807, 2.05) is 0 Å². The van der Waals surface area contributed by atoms with E-state index in [2.05, 4.69) is 75.4 Å². The maximum atomic E-state index is 2.40. The standard InChI is InChI=1S/C19H24P.ClH/c1-4-20(16-10-6-5-7-11-16)15-14-19(2,3)17-12-8-9-13-18(17)20;/h5-13H,4,14-15H2,1-3H3;1H/q+1;. The predicted octanol–water partition coefficient (Wildman–Crippen LogP) is 4.78. The van der Waals surface area contributed by atoms with Gasteiger partial charge in [0.05, 0.1) is 24.9 Å². The highest BCUT2D eigenvalue weighted by Crippen LogP contribution is 2.61. The first kappa shape index (κ1) is 16.5. The smallest absolute Gasteiger partial charge is 0.103 e. The van der Waals surface area contributed by atoms with E-state index in [1.165, 1.54) is 18.7 Å². The van der Waals surface area contributed by atoms with Gasteiger partial charge in [-0.2, -0.15) is 0 Å². The van der Waals surface area contributed by atoms with Gasteiger partial charge in [0.1, 0.15) is 5.30 Å². The molecular formula is C19H25ClP+. The second-order valence-corrected chi connectivity index (χ2v) is 10.5. The van der Waals surface area contributed by atoms with Crippen molar-refractivity contribution in [3.05, 3.63) is 60.2 Å². The van der Waals surface area contributed by atoms with Gasteiger partial charge in [-0.25, -0.2) is 0 Å². The van der Waals surface area contributed by atoms with Crippen molar-refractivity contribution in [2.24, 2.45) is 0 Å². The molecule has 2 aromatic rings. The molecule has 0 amide bonds. The molecule has 0 spiro atoms. The molecular weight excluding hydrogens is 295 g/mol. The molecule has 0 N–H and O–H groups in total. The third-order valence-corrected chi connectivity index (χ3v) is 9.67. The molecule has 3 rings (SSSR count). The van der Waals surface area contributed by atoms with E-state index in [4.69, 9.17) is 0 Å². The minimum atomic E-state index is -1.19. The van der Waals surface area contributed by atoms with E-state index in [9.17, 15) is 0 Å². The topological polar surface area (TPSA) is 0 Å². The van der Waals surface area contributed by atoms with Crippen LogP contribution in [0.25, 0.3) is 0 Å². The molecule has 2 aromatic carbocycles. The molecule has 0 saturated heterocycles. The van der Waals surface area contributed by atoms with Crippen molar-refractivity contribution in [3.8, 4) is 0 Å². The monoisotopic (exact) mass is 319 g/mol. The average Bonchev–Trinajstić information content (AvgIpc) is 2.49. The maximum absolute atomic E-state index is 2.40. The van der Waals surface area contributed by atoms with Gasteiger partial charge in [-0.05, 0) is 37.0 Å². The van der Waals surface area contributed by atoms with Gasteiger partial charge < -0.3 is 0 Å². The fourth-order valence-electron chi connectivity index (χ4n) is 3.64. The van der Waals surface area contributed by atoms with Crippen molar-refractivity contribution in [1.82, 2.24) is 0 Å². The lowest BCUT2D eigenvalue weighted by Crippen LogP contribution is -2.40. The zero-order valence-corrected chi connectivity index (χ0v) is 14.9. The van der Waals surface area contributed by atoms with Gasteiger partial charge >= 0.3 is 0 Å². The van der Waals surface area contributed by atoms with Crippen molar-refractivity contribution in [1.29, 1.82) is 0 Å². The molecule has 21 heavy (non-hydrogen) atoms. The van der Waals surface area contributed by atoms with Crippen LogP contribution in [-0.2, 0) is 5.41 Å². The summed E-state index contributed by atoms with van der Waals surface area (Å²) in [4.78, 5) is 0. The van der Waals surface area contributed by atoms with Crippen LogP contribution < -0.4 is 10.6 Å². The summed E-state index contributed by atoms with van der Waals surface area (Å²) >= 11 is 0. The summed E-state index contributed by atoms with van der Waals surface area (Å²) in [6, 6.07) is 20.5. The van der Waals surface area contributed by atoms with Gasteiger partial charge in [0.2, 0.25) is 0 Å². The van der Waals surface area contributed by atoms with Gasteiger partial charge in [0.25, 0.3) is 0 Å². The summed E-state index contributed by atoms with van der Waals surface area (Å²) in [7, 11) is -1.19. The Bertz CT molecular complexity index is 606. The SMILES string of the molecule is CC[P+]1(c2ccccc2)CCC(C)(C)c2ccccc21.Cl. The average molecular weight is 320 g/mol. The zero-order valence-electron chi connectivity index (χ0n) is 13.2. The first-order valence-electron chi connectivity index (χ1n) is 7.63. The van der Waals surface area contributed by atoms with Gasteiger partial charge in [0, 0.05) is 5.56 Å². The highest BCUT2D eigenvalue weighted by Gasteiger charge is 2.49. The van der Waals surface area contributed by atoms with E-state index < -0.39 is 7.26 Å². The van der Waals surface area contributed by atoms with E-state index in [-0.39, 0.29) is 12.4 Å². The summed E-state index contributed by atoms with van der Waals surface area (Å²) in [5, 5.41) is 3.25. The molecule has 0 fully saturated rings. The summed E-state index contributed by atoms with van der Waals surface area (Å²) in [6.45, 7) is 7.19. The maximum Gasteiger partial charge on any atom is 0.103 e. The Labute approximate surface area is 135 Å². The van der Waals surface area contributed by atoms with Crippen LogP contribution in [0, 0.1) is 0 Å². The lowest BCUT2D eigenvalue weighted by molar-refractivity contribution is 0.506. The normalized spacial score (nSPS) is 23.0. The van der Waals surface area contributed by atoms with Crippen molar-refractivity contribution >= 4 is 30.3 Å². The Hall–Kier alpha value is -0.840. The molecule has 2 heteroatoms. The summed E-state index contributed by atoms with van der Waals surface area (Å²) < 4.78 is 0. The van der Waals surface area contributed by atoms with E-state index >= 15 is 0 Å². The molecule has 0 saturated carbocycles. The fourth-order valence-corrected chi connectivity index (χ4v) is 8.33. The summed E-state index contributed by atoms with van der Waals surface area (Å²) in [5.41, 5.74) is 1.91. The van der Waals surface area contributed by atoms with E-state index in [0.717, 1.165) is 0 Å². The van der Waals surface area contributed by atoms with Crippen LogP contribution in [0.2, 0.25) is 0 Å². The Morgan fingerprint density at radius 2 is 1.57 bits per heavy atom. The van der Waals surface area contributed by atoms with E-state index in [0.29, 0.717) is 5.41 Å². The molecule has 0 bridgehead atoms. The zero-order chi connectivity index (χ0) is 14.2. The lowest BCUT2D eigenvalue weighted by atomic mass is 9.82. The van der Waals surface area contributed by atoms with Crippen LogP contribution in [-0.4, -0.2) is 12.3 Å². The molecule has 0 nitrogen and oxygen atoms in total. The highest BCUT2D eigenvalue weighted by molar-refractivity contribution is 7.89. The van der Waals surface area contributed by atoms with Crippen LogP contribution >= 0.6 is 19.7 Å². The van der Waals surface area contributed by atoms with E-state index in [1.54, 1.807) is 16.2 Å². The molecule has 1 aliphatic rings. The summed E-state index contributed by atoms with van der Waals surface area (Å²) in [6.07, 6.45) is 3.95. The van der Waals surface area contributed by atoms with Crippen molar-refractivity contribution < 1.29 is 0 Å². The minimum absolute atomic E-state index is 0. The number of halogens is 1. The number of fused-ring (bicyclic) bond motifs is 1. The molecule has 1 heterocycles. The van der Waals surface area contributed by atoms with Crippen molar-refractivity contribution in [2.45, 2.75) is 32.6 Å². The van der Waals surface area contributed by atoms with Crippen molar-refractivity contribution in [2.75, 3.05) is 12.3 Å².